The van der Waals surface area contributed by atoms with Crippen LogP contribution in [0.25, 0.3) is 0 Å². The van der Waals surface area contributed by atoms with E-state index in [1.807, 2.05) is 32.9 Å². The first-order chi connectivity index (χ1) is 10.9. The minimum Gasteiger partial charge on any atom is -0.508 e. The number of benzene rings is 1. The highest BCUT2D eigenvalue weighted by atomic mass is 16.3. The lowest BCUT2D eigenvalue weighted by atomic mass is 10.1. The molecular formula is C17H24N4O2. The molecule has 2 rings (SSSR count). The Bertz CT molecular complexity index is 644. The Morgan fingerprint density at radius 3 is 2.57 bits per heavy atom. The molecule has 6 heteroatoms. The maximum absolute atomic E-state index is 12.3. The number of urea groups is 1. The molecule has 0 aliphatic carbocycles. The van der Waals surface area contributed by atoms with Gasteiger partial charge in [-0.1, -0.05) is 12.1 Å². The summed E-state index contributed by atoms with van der Waals surface area (Å²) in [6, 6.07) is 6.99. The molecule has 0 saturated heterocycles. The first kappa shape index (κ1) is 16.9. The van der Waals surface area contributed by atoms with E-state index in [0.717, 1.165) is 28.9 Å². The summed E-state index contributed by atoms with van der Waals surface area (Å²) in [5.41, 5.74) is 3.99. The van der Waals surface area contributed by atoms with Gasteiger partial charge in [0.15, 0.2) is 0 Å². The molecule has 0 bridgehead atoms. The number of amides is 2. The first-order valence-corrected chi connectivity index (χ1v) is 7.67. The van der Waals surface area contributed by atoms with Crippen molar-refractivity contribution in [3.8, 4) is 5.75 Å². The number of H-pyrrole nitrogens is 1. The van der Waals surface area contributed by atoms with E-state index in [-0.39, 0.29) is 17.8 Å². The van der Waals surface area contributed by atoms with Crippen LogP contribution in [0, 0.1) is 13.8 Å². The molecule has 3 N–H and O–H groups in total. The molecule has 2 amide bonds. The molecule has 0 fully saturated rings. The Morgan fingerprint density at radius 2 is 2.00 bits per heavy atom. The second kappa shape index (κ2) is 7.17. The van der Waals surface area contributed by atoms with Gasteiger partial charge in [0.2, 0.25) is 0 Å². The SMILES string of the molecule is Cc1n[nH]c(C)c1CNC(=O)N(C)C(C)Cc1ccc(O)cc1. The van der Waals surface area contributed by atoms with E-state index in [9.17, 15) is 9.90 Å². The van der Waals surface area contributed by atoms with Crippen molar-refractivity contribution >= 4 is 6.03 Å². The van der Waals surface area contributed by atoms with E-state index >= 15 is 0 Å². The topological polar surface area (TPSA) is 81.2 Å². The normalized spacial score (nSPS) is 12.0. The van der Waals surface area contributed by atoms with E-state index < -0.39 is 0 Å². The molecule has 0 radical (unpaired) electrons. The molecule has 0 aliphatic heterocycles. The monoisotopic (exact) mass is 316 g/mol. The largest absolute Gasteiger partial charge is 0.508 e. The van der Waals surface area contributed by atoms with Gasteiger partial charge >= 0.3 is 6.03 Å². The number of rotatable bonds is 5. The third-order valence-corrected chi connectivity index (χ3v) is 4.15. The van der Waals surface area contributed by atoms with E-state index in [1.54, 1.807) is 24.1 Å². The highest BCUT2D eigenvalue weighted by Gasteiger charge is 2.17. The summed E-state index contributed by atoms with van der Waals surface area (Å²) in [5, 5.41) is 19.3. The number of likely N-dealkylation sites (N-methyl/N-ethyl adjacent to an activating group) is 1. The zero-order valence-electron chi connectivity index (χ0n) is 14.1. The van der Waals surface area contributed by atoms with Gasteiger partial charge in [0.1, 0.15) is 5.75 Å². The molecule has 0 spiro atoms. The molecule has 1 aromatic carbocycles. The van der Waals surface area contributed by atoms with Crippen LogP contribution < -0.4 is 5.32 Å². The minimum atomic E-state index is -0.115. The lowest BCUT2D eigenvalue weighted by Gasteiger charge is -2.25. The van der Waals surface area contributed by atoms with Crippen molar-refractivity contribution in [2.24, 2.45) is 0 Å². The van der Waals surface area contributed by atoms with E-state index in [4.69, 9.17) is 0 Å². The fourth-order valence-electron chi connectivity index (χ4n) is 2.43. The predicted octanol–water partition coefficient (Wildman–Crippen LogP) is 2.50. The van der Waals surface area contributed by atoms with Crippen LogP contribution in [0.5, 0.6) is 5.75 Å². The van der Waals surface area contributed by atoms with Crippen molar-refractivity contribution in [3.05, 3.63) is 46.8 Å². The molecular weight excluding hydrogens is 292 g/mol. The Labute approximate surface area is 136 Å². The second-order valence-corrected chi connectivity index (χ2v) is 5.90. The number of carbonyl (C=O) groups excluding carboxylic acids is 1. The average Bonchev–Trinajstić information content (AvgIpc) is 2.85. The van der Waals surface area contributed by atoms with Crippen molar-refractivity contribution in [1.29, 1.82) is 0 Å². The van der Waals surface area contributed by atoms with Crippen LogP contribution in [0.4, 0.5) is 4.79 Å². The second-order valence-electron chi connectivity index (χ2n) is 5.90. The van der Waals surface area contributed by atoms with Crippen LogP contribution in [-0.4, -0.2) is 39.3 Å². The predicted molar refractivity (Wildman–Crippen MR) is 89.3 cm³/mol. The standard InChI is InChI=1S/C17H24N4O2/c1-11(9-14-5-7-15(22)8-6-14)21(4)17(23)18-10-16-12(2)19-20-13(16)3/h5-8,11,22H,9-10H2,1-4H3,(H,18,23)(H,19,20). The van der Waals surface area contributed by atoms with Crippen LogP contribution in [0.2, 0.25) is 0 Å². The molecule has 23 heavy (non-hydrogen) atoms. The first-order valence-electron chi connectivity index (χ1n) is 7.67. The van der Waals surface area contributed by atoms with Crippen LogP contribution in [0.15, 0.2) is 24.3 Å². The van der Waals surface area contributed by atoms with Crippen molar-refractivity contribution in [1.82, 2.24) is 20.4 Å². The Hall–Kier alpha value is -2.50. The molecule has 2 aromatic rings. The van der Waals surface area contributed by atoms with Gasteiger partial charge in [-0.3, -0.25) is 5.10 Å². The number of carbonyl (C=O) groups is 1. The molecule has 6 nitrogen and oxygen atoms in total. The fourth-order valence-corrected chi connectivity index (χ4v) is 2.43. The summed E-state index contributed by atoms with van der Waals surface area (Å²) in [5.74, 6) is 0.248. The number of phenols is 1. The summed E-state index contributed by atoms with van der Waals surface area (Å²) in [4.78, 5) is 14.0. The number of nitrogens with zero attached hydrogens (tertiary/aromatic N) is 2. The molecule has 1 aromatic heterocycles. The smallest absolute Gasteiger partial charge is 0.317 e. The molecule has 1 atom stereocenters. The van der Waals surface area contributed by atoms with Gasteiger partial charge in [-0.15, -0.1) is 0 Å². The Balaban J connectivity index is 1.89. The maximum Gasteiger partial charge on any atom is 0.317 e. The van der Waals surface area contributed by atoms with Gasteiger partial charge in [-0.2, -0.15) is 5.10 Å². The number of aromatic hydroxyl groups is 1. The lowest BCUT2D eigenvalue weighted by molar-refractivity contribution is 0.193. The van der Waals surface area contributed by atoms with Crippen LogP contribution in [0.3, 0.4) is 0 Å². The Morgan fingerprint density at radius 1 is 1.35 bits per heavy atom. The molecule has 0 aliphatic rings. The number of aromatic nitrogens is 2. The van der Waals surface area contributed by atoms with Crippen molar-refractivity contribution in [2.75, 3.05) is 7.05 Å². The van der Waals surface area contributed by atoms with E-state index in [2.05, 4.69) is 15.5 Å². The fraction of sp³-hybridized carbons (Fsp3) is 0.412. The number of hydrogen-bond donors (Lipinski definition) is 3. The molecule has 1 unspecified atom stereocenters. The Kier molecular flexibility index (Phi) is 5.26. The zero-order chi connectivity index (χ0) is 17.0. The highest BCUT2D eigenvalue weighted by Crippen LogP contribution is 2.13. The minimum absolute atomic E-state index is 0.0473. The summed E-state index contributed by atoms with van der Waals surface area (Å²) < 4.78 is 0. The molecule has 0 saturated carbocycles. The summed E-state index contributed by atoms with van der Waals surface area (Å²) in [6.07, 6.45) is 0.730. The average molecular weight is 316 g/mol. The maximum atomic E-state index is 12.3. The van der Waals surface area contributed by atoms with E-state index in [0.29, 0.717) is 6.54 Å². The third kappa shape index (κ3) is 4.25. The van der Waals surface area contributed by atoms with Gasteiger partial charge in [0, 0.05) is 30.9 Å². The van der Waals surface area contributed by atoms with Gasteiger partial charge in [-0.25, -0.2) is 4.79 Å². The highest BCUT2D eigenvalue weighted by molar-refractivity contribution is 5.74. The van der Waals surface area contributed by atoms with Crippen LogP contribution in [0.1, 0.15) is 29.4 Å². The number of aromatic amines is 1. The molecule has 124 valence electrons. The van der Waals surface area contributed by atoms with Gasteiger partial charge in [0.25, 0.3) is 0 Å². The summed E-state index contributed by atoms with van der Waals surface area (Å²) >= 11 is 0. The number of aryl methyl sites for hydroxylation is 2. The summed E-state index contributed by atoms with van der Waals surface area (Å²) in [6.45, 7) is 6.32. The quantitative estimate of drug-likeness (QED) is 0.793. The zero-order valence-corrected chi connectivity index (χ0v) is 14.1. The van der Waals surface area contributed by atoms with Crippen molar-refractivity contribution in [2.45, 2.75) is 39.8 Å². The third-order valence-electron chi connectivity index (χ3n) is 4.15. The number of phenolic OH excluding ortho intramolecular Hbond substituents is 1. The van der Waals surface area contributed by atoms with Crippen molar-refractivity contribution < 1.29 is 9.90 Å². The van der Waals surface area contributed by atoms with Gasteiger partial charge in [-0.05, 0) is 44.9 Å². The van der Waals surface area contributed by atoms with Crippen LogP contribution >= 0.6 is 0 Å². The number of hydrogen-bond acceptors (Lipinski definition) is 3. The van der Waals surface area contributed by atoms with Crippen molar-refractivity contribution in [3.63, 3.8) is 0 Å². The number of nitrogens with one attached hydrogen (secondary N) is 2. The lowest BCUT2D eigenvalue weighted by Crippen LogP contribution is -2.43. The molecule has 1 heterocycles. The van der Waals surface area contributed by atoms with Gasteiger partial charge in [0.05, 0.1) is 5.69 Å². The van der Waals surface area contributed by atoms with E-state index in [1.165, 1.54) is 0 Å². The van der Waals surface area contributed by atoms with Gasteiger partial charge < -0.3 is 15.3 Å². The summed E-state index contributed by atoms with van der Waals surface area (Å²) in [7, 11) is 1.79. The van der Waals surface area contributed by atoms with Crippen LogP contribution in [-0.2, 0) is 13.0 Å².